The van der Waals surface area contributed by atoms with Crippen LogP contribution in [0.2, 0.25) is 0 Å². The van der Waals surface area contributed by atoms with Crippen molar-refractivity contribution in [2.75, 3.05) is 0 Å². The number of aromatic hydroxyl groups is 1. The van der Waals surface area contributed by atoms with Crippen molar-refractivity contribution in [2.45, 2.75) is 25.2 Å². The number of phenolic OH excluding ortho intramolecular Hbond substituents is 1. The van der Waals surface area contributed by atoms with Crippen LogP contribution < -0.4 is 22.8 Å². The normalized spacial score (nSPS) is 17.6. The minimum atomic E-state index is -0.991. The summed E-state index contributed by atoms with van der Waals surface area (Å²) in [7, 11) is 0. The van der Waals surface area contributed by atoms with E-state index in [1.54, 1.807) is 66.7 Å². The van der Waals surface area contributed by atoms with Crippen molar-refractivity contribution in [3.05, 3.63) is 144 Å². The number of phenols is 1. The summed E-state index contributed by atoms with van der Waals surface area (Å²) in [5.41, 5.74) is -0.858. The van der Waals surface area contributed by atoms with Crippen LogP contribution in [0.15, 0.2) is 110 Å². The van der Waals surface area contributed by atoms with E-state index in [9.17, 15) is 28.7 Å². The first-order valence-corrected chi connectivity index (χ1v) is 12.5. The third kappa shape index (κ3) is 3.22. The fourth-order valence-corrected chi connectivity index (χ4v) is 5.75. The Morgan fingerprint density at radius 2 is 1.27 bits per heavy atom. The topological polar surface area (TPSA) is 118 Å². The molecule has 0 fully saturated rings. The smallest absolute Gasteiger partial charge is 0.352 e. The zero-order chi connectivity index (χ0) is 27.7. The largest absolute Gasteiger partial charge is 0.505 e. The van der Waals surface area contributed by atoms with Crippen molar-refractivity contribution >= 4 is 0 Å². The van der Waals surface area contributed by atoms with Crippen molar-refractivity contribution in [3.8, 4) is 17.1 Å². The second-order valence-electron chi connectivity index (χ2n) is 9.66. The summed E-state index contributed by atoms with van der Waals surface area (Å²) in [5, 5.41) is 9.83. The molecule has 200 valence electrons. The van der Waals surface area contributed by atoms with Gasteiger partial charge in [0.15, 0.2) is 11.6 Å². The van der Waals surface area contributed by atoms with Gasteiger partial charge in [-0.15, -0.1) is 0 Å². The van der Waals surface area contributed by atoms with Crippen molar-refractivity contribution in [3.63, 3.8) is 0 Å². The van der Waals surface area contributed by atoms with Gasteiger partial charge in [-0.25, -0.2) is 51.4 Å². The molecule has 1 N–H and O–H groups in total. The van der Waals surface area contributed by atoms with Crippen LogP contribution in [-0.4, -0.2) is 33.0 Å². The summed E-state index contributed by atoms with van der Waals surface area (Å²) in [6.07, 6.45) is 1.73. The second-order valence-corrected chi connectivity index (χ2v) is 9.66. The molecule has 0 amide bonds. The lowest BCUT2D eigenvalue weighted by molar-refractivity contribution is 0.245. The lowest BCUT2D eigenvalue weighted by Gasteiger charge is -2.37. The summed E-state index contributed by atoms with van der Waals surface area (Å²) >= 11 is 0. The van der Waals surface area contributed by atoms with E-state index in [-0.39, 0.29) is 13.1 Å². The first-order chi connectivity index (χ1) is 19.4. The van der Waals surface area contributed by atoms with Gasteiger partial charge in [0, 0.05) is 0 Å². The SMILES string of the molecule is O=c1n(-c2ccccc2)c(=O)n2n1CC=C1[C@H]2Cn2c(=O)n(-c3ccccc3)c(=O)n2[C@H]1c1ccc(O)c(F)c1. The highest BCUT2D eigenvalue weighted by Crippen LogP contribution is 2.39. The molecule has 40 heavy (non-hydrogen) atoms. The number of fused-ring (bicyclic) bond motifs is 4. The Bertz CT molecular complexity index is 2080. The number of allylic oxidation sites excluding steroid dienone is 2. The maximum absolute atomic E-state index is 14.6. The van der Waals surface area contributed by atoms with Crippen LogP contribution in [-0.2, 0) is 13.1 Å². The van der Waals surface area contributed by atoms with Crippen molar-refractivity contribution in [1.82, 2.24) is 27.9 Å². The van der Waals surface area contributed by atoms with E-state index in [0.717, 1.165) is 15.2 Å². The van der Waals surface area contributed by atoms with E-state index in [0.29, 0.717) is 22.5 Å². The van der Waals surface area contributed by atoms with Crippen molar-refractivity contribution in [2.24, 2.45) is 0 Å². The Hall–Kier alpha value is -5.39. The zero-order valence-corrected chi connectivity index (χ0v) is 20.8. The van der Waals surface area contributed by atoms with Gasteiger partial charge < -0.3 is 5.11 Å². The maximum atomic E-state index is 14.6. The highest BCUT2D eigenvalue weighted by Gasteiger charge is 2.41. The minimum absolute atomic E-state index is 0.0230. The van der Waals surface area contributed by atoms with Gasteiger partial charge in [0.2, 0.25) is 0 Å². The number of rotatable bonds is 3. The van der Waals surface area contributed by atoms with E-state index in [2.05, 4.69) is 0 Å². The van der Waals surface area contributed by atoms with Crippen LogP contribution in [0.5, 0.6) is 5.75 Å². The zero-order valence-electron chi connectivity index (χ0n) is 20.8. The molecular weight excluding hydrogens is 519 g/mol. The molecule has 0 bridgehead atoms. The Labute approximate surface area is 223 Å². The van der Waals surface area contributed by atoms with Crippen LogP contribution in [0.25, 0.3) is 11.4 Å². The van der Waals surface area contributed by atoms with Crippen LogP contribution in [0.1, 0.15) is 17.6 Å². The van der Waals surface area contributed by atoms with Gasteiger partial charge in [0.25, 0.3) is 0 Å². The number of benzene rings is 3. The first kappa shape index (κ1) is 23.7. The molecule has 0 spiro atoms. The number of aromatic nitrogens is 6. The lowest BCUT2D eigenvalue weighted by atomic mass is 9.90. The number of nitrogens with zero attached hydrogens (tertiary/aromatic N) is 6. The average Bonchev–Trinajstić information content (AvgIpc) is 3.38. The molecule has 12 heteroatoms. The minimum Gasteiger partial charge on any atom is -0.505 e. The molecule has 0 radical (unpaired) electrons. The van der Waals surface area contributed by atoms with E-state index in [1.807, 2.05) is 0 Å². The Morgan fingerprint density at radius 3 is 1.88 bits per heavy atom. The van der Waals surface area contributed by atoms with Gasteiger partial charge >= 0.3 is 22.8 Å². The Balaban J connectivity index is 1.50. The molecule has 5 aromatic rings. The molecule has 2 aromatic heterocycles. The molecule has 3 aromatic carbocycles. The third-order valence-electron chi connectivity index (χ3n) is 7.52. The average molecular weight is 541 g/mol. The lowest BCUT2D eigenvalue weighted by Crippen LogP contribution is -2.47. The van der Waals surface area contributed by atoms with Crippen molar-refractivity contribution < 1.29 is 9.50 Å². The molecule has 0 saturated carbocycles. The predicted molar refractivity (Wildman–Crippen MR) is 142 cm³/mol. The van der Waals surface area contributed by atoms with E-state index >= 15 is 0 Å². The van der Waals surface area contributed by atoms with Crippen molar-refractivity contribution in [1.29, 1.82) is 0 Å². The van der Waals surface area contributed by atoms with Crippen LogP contribution >= 0.6 is 0 Å². The predicted octanol–water partition coefficient (Wildman–Crippen LogP) is 1.54. The third-order valence-corrected chi connectivity index (χ3v) is 7.52. The quantitative estimate of drug-likeness (QED) is 0.349. The summed E-state index contributed by atoms with van der Waals surface area (Å²) in [6.45, 7) is -0.0931. The van der Waals surface area contributed by atoms with Gasteiger partial charge in [-0.05, 0) is 47.5 Å². The molecule has 0 aliphatic carbocycles. The number of hydrogen-bond acceptors (Lipinski definition) is 5. The van der Waals surface area contributed by atoms with Gasteiger partial charge in [0.05, 0.1) is 30.5 Å². The van der Waals surface area contributed by atoms with E-state index in [4.69, 9.17) is 0 Å². The highest BCUT2D eigenvalue weighted by atomic mass is 19.1. The molecule has 4 heterocycles. The fraction of sp³-hybridized carbons (Fsp3) is 0.143. The van der Waals surface area contributed by atoms with E-state index < -0.39 is 46.4 Å². The van der Waals surface area contributed by atoms with Crippen LogP contribution in [0.3, 0.4) is 0 Å². The molecular formula is C28H21FN6O5. The summed E-state index contributed by atoms with van der Waals surface area (Å²) in [4.78, 5) is 54.6. The number of para-hydroxylation sites is 2. The molecule has 2 aliphatic heterocycles. The van der Waals surface area contributed by atoms with Crippen LogP contribution in [0.4, 0.5) is 4.39 Å². The second kappa shape index (κ2) is 8.56. The maximum Gasteiger partial charge on any atom is 0.352 e. The molecule has 11 nitrogen and oxygen atoms in total. The van der Waals surface area contributed by atoms with Gasteiger partial charge in [-0.1, -0.05) is 48.5 Å². The Kier molecular flexibility index (Phi) is 5.07. The van der Waals surface area contributed by atoms with Gasteiger partial charge in [-0.2, -0.15) is 0 Å². The summed E-state index contributed by atoms with van der Waals surface area (Å²) in [6, 6.07) is 18.8. The number of hydrogen-bond donors (Lipinski definition) is 1. The number of halogens is 1. The summed E-state index contributed by atoms with van der Waals surface area (Å²) < 4.78 is 21.7. The molecule has 2 aliphatic rings. The first-order valence-electron chi connectivity index (χ1n) is 12.5. The van der Waals surface area contributed by atoms with Gasteiger partial charge in [0.1, 0.15) is 6.04 Å². The van der Waals surface area contributed by atoms with E-state index in [1.165, 1.54) is 30.9 Å². The molecule has 0 unspecified atom stereocenters. The Morgan fingerprint density at radius 1 is 0.700 bits per heavy atom. The van der Waals surface area contributed by atoms with Crippen LogP contribution in [0, 0.1) is 5.82 Å². The van der Waals surface area contributed by atoms with Gasteiger partial charge in [-0.3, -0.25) is 0 Å². The standard InChI is InChI=1S/C28H21FN6O5/c29-21-15-17(11-12-23(21)36)24-20-13-14-30-25(37)32(18-7-3-1-4-8-18)27(39)34(30)22(20)16-31-26(38)33(28(40)35(24)31)19-9-5-2-6-10-19/h1-13,15,22,24,36H,14,16H2/t22-,24+/m1/s1. The molecule has 0 saturated heterocycles. The summed E-state index contributed by atoms with van der Waals surface area (Å²) in [5.74, 6) is -1.46. The highest BCUT2D eigenvalue weighted by molar-refractivity contribution is 5.39. The monoisotopic (exact) mass is 540 g/mol. The molecule has 2 atom stereocenters. The fourth-order valence-electron chi connectivity index (χ4n) is 5.75. The molecule has 7 rings (SSSR count).